The normalized spacial score (nSPS) is 9.50. The van der Waals surface area contributed by atoms with E-state index in [1.807, 2.05) is 6.92 Å². The van der Waals surface area contributed by atoms with Crippen molar-refractivity contribution in [2.75, 3.05) is 7.11 Å². The van der Waals surface area contributed by atoms with Crippen LogP contribution in [-0.2, 0) is 0 Å². The molecule has 0 saturated heterocycles. The molecule has 0 bridgehead atoms. The molecule has 0 fully saturated rings. The second-order valence-electron chi connectivity index (χ2n) is 1.88. The predicted molar refractivity (Wildman–Crippen MR) is 39.4 cm³/mol. The standard InChI is InChI=1S/C7H7ClNO/c1-5-3-4-6(10-2)9-7(5)8/h3H,1-2H3. The summed E-state index contributed by atoms with van der Waals surface area (Å²) in [6.45, 7) is 1.87. The van der Waals surface area contributed by atoms with Gasteiger partial charge in [-0.3, -0.25) is 0 Å². The van der Waals surface area contributed by atoms with Crippen LogP contribution in [0.2, 0.25) is 5.15 Å². The average molecular weight is 157 g/mol. The van der Waals surface area contributed by atoms with Gasteiger partial charge in [-0.1, -0.05) is 11.6 Å². The maximum Gasteiger partial charge on any atom is 0.222 e. The molecule has 1 aromatic heterocycles. The molecule has 3 heteroatoms. The van der Waals surface area contributed by atoms with Gasteiger partial charge >= 0.3 is 0 Å². The van der Waals surface area contributed by atoms with Crippen molar-refractivity contribution in [3.63, 3.8) is 0 Å². The lowest BCUT2D eigenvalue weighted by Gasteiger charge is -1.98. The lowest BCUT2D eigenvalue weighted by molar-refractivity contribution is 0.397. The van der Waals surface area contributed by atoms with E-state index in [9.17, 15) is 0 Å². The summed E-state index contributed by atoms with van der Waals surface area (Å²) in [7, 11) is 1.53. The van der Waals surface area contributed by atoms with Gasteiger partial charge in [-0.15, -0.1) is 0 Å². The summed E-state index contributed by atoms with van der Waals surface area (Å²) in [5.74, 6) is 0.426. The van der Waals surface area contributed by atoms with E-state index in [1.54, 1.807) is 6.07 Å². The van der Waals surface area contributed by atoms with Gasteiger partial charge in [0.15, 0.2) is 0 Å². The lowest BCUT2D eigenvalue weighted by Crippen LogP contribution is -1.88. The van der Waals surface area contributed by atoms with E-state index in [0.717, 1.165) is 5.56 Å². The number of pyridine rings is 1. The number of aryl methyl sites for hydroxylation is 1. The Bertz CT molecular complexity index is 237. The second kappa shape index (κ2) is 2.88. The van der Waals surface area contributed by atoms with Crippen LogP contribution >= 0.6 is 11.6 Å². The third kappa shape index (κ3) is 1.39. The van der Waals surface area contributed by atoms with E-state index >= 15 is 0 Å². The number of nitrogens with zero attached hydrogens (tertiary/aromatic N) is 1. The monoisotopic (exact) mass is 156 g/mol. The summed E-state index contributed by atoms with van der Waals surface area (Å²) < 4.78 is 4.80. The molecule has 10 heavy (non-hydrogen) atoms. The zero-order valence-electron chi connectivity index (χ0n) is 5.81. The molecule has 0 aromatic carbocycles. The van der Waals surface area contributed by atoms with E-state index in [1.165, 1.54) is 7.11 Å². The van der Waals surface area contributed by atoms with Crippen molar-refractivity contribution in [3.05, 3.63) is 22.8 Å². The van der Waals surface area contributed by atoms with Gasteiger partial charge in [0.2, 0.25) is 5.88 Å². The maximum absolute atomic E-state index is 5.68. The molecule has 0 aliphatic heterocycles. The Balaban J connectivity index is 3.04. The molecule has 1 rings (SSSR count). The van der Waals surface area contributed by atoms with Gasteiger partial charge < -0.3 is 4.74 Å². The van der Waals surface area contributed by atoms with Crippen LogP contribution in [0.15, 0.2) is 6.07 Å². The molecule has 0 aliphatic rings. The van der Waals surface area contributed by atoms with Crippen LogP contribution in [0.5, 0.6) is 5.88 Å². The van der Waals surface area contributed by atoms with E-state index in [-0.39, 0.29) is 0 Å². The highest BCUT2D eigenvalue weighted by Gasteiger charge is 1.97. The SMILES string of the molecule is COc1[c]cc(C)c(Cl)n1. The minimum atomic E-state index is 0.426. The molecular formula is C7H7ClNO. The number of halogens is 1. The molecule has 1 heterocycles. The van der Waals surface area contributed by atoms with Crippen molar-refractivity contribution < 1.29 is 4.74 Å². The lowest BCUT2D eigenvalue weighted by atomic mass is 10.3. The minimum absolute atomic E-state index is 0.426. The van der Waals surface area contributed by atoms with Gasteiger partial charge in [0.1, 0.15) is 5.15 Å². The molecule has 2 nitrogen and oxygen atoms in total. The van der Waals surface area contributed by atoms with Crippen molar-refractivity contribution in [1.82, 2.24) is 4.98 Å². The molecule has 0 spiro atoms. The zero-order valence-corrected chi connectivity index (χ0v) is 6.57. The zero-order chi connectivity index (χ0) is 7.56. The fourth-order valence-electron chi connectivity index (χ4n) is 0.544. The van der Waals surface area contributed by atoms with Crippen LogP contribution in [0.25, 0.3) is 0 Å². The Morgan fingerprint density at radius 2 is 2.40 bits per heavy atom. The minimum Gasteiger partial charge on any atom is -0.481 e. The van der Waals surface area contributed by atoms with Gasteiger partial charge in [0, 0.05) is 6.07 Å². The first kappa shape index (κ1) is 7.35. The summed E-state index contributed by atoms with van der Waals surface area (Å²) in [4.78, 5) is 3.88. The summed E-state index contributed by atoms with van der Waals surface area (Å²) in [5.41, 5.74) is 0.905. The van der Waals surface area contributed by atoms with E-state index in [4.69, 9.17) is 16.3 Å². The highest BCUT2D eigenvalue weighted by molar-refractivity contribution is 6.30. The molecule has 0 N–H and O–H groups in total. The molecule has 0 unspecified atom stereocenters. The topological polar surface area (TPSA) is 22.1 Å². The van der Waals surface area contributed by atoms with Gasteiger partial charge in [0.05, 0.1) is 7.11 Å². The first-order chi connectivity index (χ1) is 4.74. The highest BCUT2D eigenvalue weighted by atomic mass is 35.5. The van der Waals surface area contributed by atoms with Gasteiger partial charge in [-0.2, -0.15) is 0 Å². The van der Waals surface area contributed by atoms with Crippen molar-refractivity contribution in [2.24, 2.45) is 0 Å². The number of rotatable bonds is 1. The summed E-state index contributed by atoms with van der Waals surface area (Å²) in [6, 6.07) is 4.55. The first-order valence-electron chi connectivity index (χ1n) is 2.83. The molecule has 1 aromatic rings. The Morgan fingerprint density at radius 3 is 2.90 bits per heavy atom. The fraction of sp³-hybridized carbons (Fsp3) is 0.286. The predicted octanol–water partition coefficient (Wildman–Crippen LogP) is 1.85. The Morgan fingerprint density at radius 1 is 1.70 bits per heavy atom. The van der Waals surface area contributed by atoms with Crippen LogP contribution in [0, 0.1) is 13.0 Å². The number of hydrogen-bond donors (Lipinski definition) is 0. The number of ether oxygens (including phenoxy) is 1. The van der Waals surface area contributed by atoms with Gasteiger partial charge in [-0.25, -0.2) is 4.98 Å². The molecule has 1 radical (unpaired) electrons. The largest absolute Gasteiger partial charge is 0.481 e. The van der Waals surface area contributed by atoms with Crippen molar-refractivity contribution in [3.8, 4) is 5.88 Å². The molecule has 0 aliphatic carbocycles. The number of methoxy groups -OCH3 is 1. The molecule has 0 saturated carbocycles. The van der Waals surface area contributed by atoms with Crippen LogP contribution in [-0.4, -0.2) is 12.1 Å². The maximum atomic E-state index is 5.68. The third-order valence-electron chi connectivity index (χ3n) is 1.13. The van der Waals surface area contributed by atoms with Crippen LogP contribution in [0.1, 0.15) is 5.56 Å². The molecular weight excluding hydrogens is 150 g/mol. The highest BCUT2D eigenvalue weighted by Crippen LogP contribution is 2.15. The smallest absolute Gasteiger partial charge is 0.222 e. The van der Waals surface area contributed by atoms with E-state index < -0.39 is 0 Å². The van der Waals surface area contributed by atoms with Gasteiger partial charge in [-0.05, 0) is 18.6 Å². The van der Waals surface area contributed by atoms with E-state index in [2.05, 4.69) is 11.1 Å². The third-order valence-corrected chi connectivity index (χ3v) is 1.51. The average Bonchev–Trinajstić information content (AvgIpc) is 1.95. The summed E-state index contributed by atoms with van der Waals surface area (Å²) >= 11 is 5.68. The summed E-state index contributed by atoms with van der Waals surface area (Å²) in [5, 5.41) is 0.468. The Kier molecular flexibility index (Phi) is 2.12. The van der Waals surface area contributed by atoms with Crippen molar-refractivity contribution in [2.45, 2.75) is 6.92 Å². The van der Waals surface area contributed by atoms with Gasteiger partial charge in [0.25, 0.3) is 0 Å². The van der Waals surface area contributed by atoms with Crippen molar-refractivity contribution in [1.29, 1.82) is 0 Å². The van der Waals surface area contributed by atoms with Crippen molar-refractivity contribution >= 4 is 11.6 Å². The van der Waals surface area contributed by atoms with Crippen LogP contribution < -0.4 is 4.74 Å². The van der Waals surface area contributed by atoms with E-state index in [0.29, 0.717) is 11.0 Å². The summed E-state index contributed by atoms with van der Waals surface area (Å²) in [6.07, 6.45) is 0. The molecule has 53 valence electrons. The Labute approximate surface area is 64.8 Å². The fourth-order valence-corrected chi connectivity index (χ4v) is 0.675. The molecule has 0 amide bonds. The first-order valence-corrected chi connectivity index (χ1v) is 3.20. The Hall–Kier alpha value is -0.760. The molecule has 0 atom stereocenters. The van der Waals surface area contributed by atoms with Crippen LogP contribution in [0.3, 0.4) is 0 Å². The quantitative estimate of drug-likeness (QED) is 0.579. The second-order valence-corrected chi connectivity index (χ2v) is 2.24. The van der Waals surface area contributed by atoms with Crippen LogP contribution in [0.4, 0.5) is 0 Å². The number of aromatic nitrogens is 1. The number of hydrogen-bond acceptors (Lipinski definition) is 2.